The van der Waals surface area contributed by atoms with Crippen LogP contribution in [0.1, 0.15) is 5.56 Å². The lowest BCUT2D eigenvalue weighted by Gasteiger charge is -2.18. The molecule has 14 heavy (non-hydrogen) atoms. The van der Waals surface area contributed by atoms with Gasteiger partial charge in [0.25, 0.3) is 0 Å². The fourth-order valence-electron chi connectivity index (χ4n) is 1.00. The number of halogens is 3. The maximum absolute atomic E-state index is 12.5. The predicted molar refractivity (Wildman–Crippen MR) is 45.8 cm³/mol. The molecule has 0 aliphatic heterocycles. The second-order valence-electron chi connectivity index (χ2n) is 2.85. The number of nitrogens with zero attached hydrogens (tertiary/aromatic N) is 3. The molecule has 0 amide bonds. The van der Waals surface area contributed by atoms with Crippen LogP contribution in [0.4, 0.5) is 24.8 Å². The molecule has 1 rings (SSSR count). The van der Waals surface area contributed by atoms with Gasteiger partial charge in [-0.05, 0) is 0 Å². The summed E-state index contributed by atoms with van der Waals surface area (Å²) < 4.78 is 37.4. The van der Waals surface area contributed by atoms with Gasteiger partial charge in [0.1, 0.15) is 23.5 Å². The van der Waals surface area contributed by atoms with E-state index in [2.05, 4.69) is 9.97 Å². The van der Waals surface area contributed by atoms with Crippen LogP contribution >= 0.6 is 0 Å². The van der Waals surface area contributed by atoms with Gasteiger partial charge in [-0.2, -0.15) is 13.2 Å². The van der Waals surface area contributed by atoms with Crippen molar-refractivity contribution in [2.24, 2.45) is 0 Å². The number of rotatable bonds is 1. The second-order valence-corrected chi connectivity index (χ2v) is 2.85. The smallest absolute Gasteiger partial charge is 0.383 e. The summed E-state index contributed by atoms with van der Waals surface area (Å²) in [6, 6.07) is 0. The minimum Gasteiger partial charge on any atom is -0.383 e. The van der Waals surface area contributed by atoms with Crippen LogP contribution in [0.15, 0.2) is 6.33 Å². The van der Waals surface area contributed by atoms with Crippen LogP contribution in [-0.2, 0) is 6.18 Å². The number of nitrogens with two attached hydrogens (primary N) is 1. The summed E-state index contributed by atoms with van der Waals surface area (Å²) in [5.41, 5.74) is 4.15. The molecule has 78 valence electrons. The van der Waals surface area contributed by atoms with E-state index in [4.69, 9.17) is 5.73 Å². The molecule has 1 aromatic heterocycles. The highest BCUT2D eigenvalue weighted by atomic mass is 19.4. The Labute approximate surface area is 78.6 Å². The molecule has 4 nitrogen and oxygen atoms in total. The Balaban J connectivity index is 3.38. The van der Waals surface area contributed by atoms with Crippen molar-refractivity contribution in [2.45, 2.75) is 6.18 Å². The molecule has 0 saturated heterocycles. The third kappa shape index (κ3) is 1.86. The van der Waals surface area contributed by atoms with E-state index in [1.807, 2.05) is 0 Å². The average molecular weight is 206 g/mol. The molecule has 1 aromatic rings. The van der Waals surface area contributed by atoms with Crippen molar-refractivity contribution in [3.8, 4) is 0 Å². The molecule has 2 N–H and O–H groups in total. The van der Waals surface area contributed by atoms with Crippen LogP contribution in [0.25, 0.3) is 0 Å². The first kappa shape index (κ1) is 10.6. The largest absolute Gasteiger partial charge is 0.423 e. The molecule has 0 atom stereocenters. The summed E-state index contributed by atoms with van der Waals surface area (Å²) in [6.45, 7) is 0. The Bertz CT molecular complexity index is 334. The number of alkyl halides is 3. The van der Waals surface area contributed by atoms with E-state index in [0.29, 0.717) is 0 Å². The van der Waals surface area contributed by atoms with Gasteiger partial charge in [-0.25, -0.2) is 9.97 Å². The van der Waals surface area contributed by atoms with Gasteiger partial charge < -0.3 is 10.6 Å². The summed E-state index contributed by atoms with van der Waals surface area (Å²) in [6.07, 6.45) is -3.54. The van der Waals surface area contributed by atoms with Gasteiger partial charge in [0.2, 0.25) is 0 Å². The van der Waals surface area contributed by atoms with Crippen LogP contribution in [0.5, 0.6) is 0 Å². The summed E-state index contributed by atoms with van der Waals surface area (Å²) >= 11 is 0. The Morgan fingerprint density at radius 3 is 2.21 bits per heavy atom. The van der Waals surface area contributed by atoms with Gasteiger partial charge in [0, 0.05) is 14.1 Å². The molecule has 0 bridgehead atoms. The third-order valence-electron chi connectivity index (χ3n) is 1.56. The van der Waals surface area contributed by atoms with Crippen molar-refractivity contribution in [3.63, 3.8) is 0 Å². The van der Waals surface area contributed by atoms with E-state index < -0.39 is 17.6 Å². The van der Waals surface area contributed by atoms with Gasteiger partial charge in [-0.1, -0.05) is 0 Å². The summed E-state index contributed by atoms with van der Waals surface area (Å²) in [5, 5.41) is 0. The number of anilines is 2. The van der Waals surface area contributed by atoms with Gasteiger partial charge >= 0.3 is 6.18 Å². The van der Waals surface area contributed by atoms with Crippen molar-refractivity contribution < 1.29 is 13.2 Å². The first-order chi connectivity index (χ1) is 6.34. The summed E-state index contributed by atoms with van der Waals surface area (Å²) in [5.74, 6) is -0.791. The lowest BCUT2D eigenvalue weighted by atomic mass is 10.2. The van der Waals surface area contributed by atoms with Crippen molar-refractivity contribution in [1.29, 1.82) is 0 Å². The van der Waals surface area contributed by atoms with Gasteiger partial charge in [-0.15, -0.1) is 0 Å². The van der Waals surface area contributed by atoms with E-state index in [1.54, 1.807) is 0 Å². The Kier molecular flexibility index (Phi) is 2.50. The highest BCUT2D eigenvalue weighted by molar-refractivity contribution is 5.57. The highest BCUT2D eigenvalue weighted by Gasteiger charge is 2.38. The molecular formula is C7H9F3N4. The molecule has 0 spiro atoms. The maximum Gasteiger partial charge on any atom is 0.423 e. The zero-order chi connectivity index (χ0) is 10.9. The number of aromatic nitrogens is 2. The highest BCUT2D eigenvalue weighted by Crippen LogP contribution is 2.37. The van der Waals surface area contributed by atoms with E-state index in [9.17, 15) is 13.2 Å². The Hall–Kier alpha value is -1.53. The topological polar surface area (TPSA) is 55.0 Å². The molecule has 0 radical (unpaired) electrons. The third-order valence-corrected chi connectivity index (χ3v) is 1.56. The van der Waals surface area contributed by atoms with Crippen LogP contribution in [-0.4, -0.2) is 24.1 Å². The maximum atomic E-state index is 12.5. The molecule has 0 saturated carbocycles. The van der Waals surface area contributed by atoms with E-state index in [-0.39, 0.29) is 5.82 Å². The number of nitrogen functional groups attached to an aromatic ring is 1. The Morgan fingerprint density at radius 2 is 1.86 bits per heavy atom. The first-order valence-corrected chi connectivity index (χ1v) is 3.69. The SMILES string of the molecule is CN(C)c1ncnc(N)c1C(F)(F)F. The molecule has 0 aliphatic rings. The first-order valence-electron chi connectivity index (χ1n) is 3.69. The van der Waals surface area contributed by atoms with E-state index in [0.717, 1.165) is 6.33 Å². The molecule has 0 aromatic carbocycles. The fraction of sp³-hybridized carbons (Fsp3) is 0.429. The molecule has 0 aliphatic carbocycles. The molecular weight excluding hydrogens is 197 g/mol. The predicted octanol–water partition coefficient (Wildman–Crippen LogP) is 1.14. The molecule has 0 unspecified atom stereocenters. The van der Waals surface area contributed by atoms with Gasteiger partial charge in [-0.3, -0.25) is 0 Å². The Morgan fingerprint density at radius 1 is 1.29 bits per heavy atom. The van der Waals surface area contributed by atoms with Crippen molar-refractivity contribution >= 4 is 11.6 Å². The normalized spacial score (nSPS) is 11.5. The van der Waals surface area contributed by atoms with Crippen LogP contribution in [0.2, 0.25) is 0 Å². The lowest BCUT2D eigenvalue weighted by molar-refractivity contribution is -0.136. The quantitative estimate of drug-likeness (QED) is 0.748. The standard InChI is InChI=1S/C7H9F3N4/c1-14(2)6-4(7(8,9)10)5(11)12-3-13-6/h3H,1-2H3,(H2,11,12,13). The van der Waals surface area contributed by atoms with Crippen molar-refractivity contribution in [1.82, 2.24) is 9.97 Å². The van der Waals surface area contributed by atoms with E-state index >= 15 is 0 Å². The average Bonchev–Trinajstić information content (AvgIpc) is 2.01. The van der Waals surface area contributed by atoms with Crippen molar-refractivity contribution in [3.05, 3.63) is 11.9 Å². The van der Waals surface area contributed by atoms with Crippen LogP contribution in [0, 0.1) is 0 Å². The van der Waals surface area contributed by atoms with Crippen LogP contribution in [0.3, 0.4) is 0 Å². The van der Waals surface area contributed by atoms with E-state index in [1.165, 1.54) is 19.0 Å². The molecule has 7 heteroatoms. The molecule has 1 heterocycles. The van der Waals surface area contributed by atoms with Gasteiger partial charge in [0.05, 0.1) is 0 Å². The zero-order valence-electron chi connectivity index (χ0n) is 7.63. The summed E-state index contributed by atoms with van der Waals surface area (Å²) in [7, 11) is 2.91. The summed E-state index contributed by atoms with van der Waals surface area (Å²) in [4.78, 5) is 8.07. The van der Waals surface area contributed by atoms with Gasteiger partial charge in [0.15, 0.2) is 0 Å². The number of hydrogen-bond acceptors (Lipinski definition) is 4. The van der Waals surface area contributed by atoms with Crippen LogP contribution < -0.4 is 10.6 Å². The van der Waals surface area contributed by atoms with Crippen molar-refractivity contribution in [2.75, 3.05) is 24.7 Å². The monoisotopic (exact) mass is 206 g/mol. The minimum atomic E-state index is -4.54. The molecule has 0 fully saturated rings. The lowest BCUT2D eigenvalue weighted by Crippen LogP contribution is -2.20. The minimum absolute atomic E-state index is 0.231. The second kappa shape index (κ2) is 3.32. The zero-order valence-corrected chi connectivity index (χ0v) is 7.63. The fourth-order valence-corrected chi connectivity index (χ4v) is 1.00. The number of hydrogen-bond donors (Lipinski definition) is 1.